The molecule has 0 aromatic carbocycles. The van der Waals surface area contributed by atoms with E-state index in [0.717, 1.165) is 45.4 Å². The molecule has 0 fully saturated rings. The second kappa shape index (κ2) is 6.83. The van der Waals surface area contributed by atoms with Crippen LogP contribution in [0.2, 0.25) is 0 Å². The molecule has 0 radical (unpaired) electrons. The van der Waals surface area contributed by atoms with Gasteiger partial charge < -0.3 is 5.73 Å². The molecule has 2 aromatic rings. The van der Waals surface area contributed by atoms with Crippen molar-refractivity contribution in [1.82, 2.24) is 14.8 Å². The fourth-order valence-corrected chi connectivity index (χ4v) is 3.09. The summed E-state index contributed by atoms with van der Waals surface area (Å²) in [6.07, 6.45) is 3.40. The molecule has 2 aromatic heterocycles. The number of aromatic nitrogens is 3. The maximum absolute atomic E-state index is 6.28. The Kier molecular flexibility index (Phi) is 5.35. The van der Waals surface area contributed by atoms with Gasteiger partial charge in [0.25, 0.3) is 0 Å². The Bertz CT molecular complexity index is 578. The molecule has 2 heterocycles. The molecular formula is C14H18Br2N4. The van der Waals surface area contributed by atoms with Crippen LogP contribution in [0.5, 0.6) is 0 Å². The molecule has 0 aliphatic carbocycles. The van der Waals surface area contributed by atoms with Gasteiger partial charge in [0.15, 0.2) is 0 Å². The summed E-state index contributed by atoms with van der Waals surface area (Å²) in [6, 6.07) is 3.79. The molecule has 0 aliphatic rings. The van der Waals surface area contributed by atoms with Crippen LogP contribution >= 0.6 is 31.9 Å². The Labute approximate surface area is 136 Å². The normalized spacial score (nSPS) is 12.7. The molecule has 108 valence electrons. The molecule has 1 unspecified atom stereocenters. The Morgan fingerprint density at radius 1 is 1.30 bits per heavy atom. The third kappa shape index (κ3) is 3.30. The molecule has 0 saturated carbocycles. The molecule has 2 rings (SSSR count). The van der Waals surface area contributed by atoms with Gasteiger partial charge in [0.2, 0.25) is 0 Å². The molecule has 1 atom stereocenters. The number of hydrogen-bond donors (Lipinski definition) is 1. The van der Waals surface area contributed by atoms with E-state index in [2.05, 4.69) is 55.8 Å². The molecule has 0 amide bonds. The summed E-state index contributed by atoms with van der Waals surface area (Å²) in [5.41, 5.74) is 9.39. The maximum Gasteiger partial charge on any atom is 0.0766 e. The summed E-state index contributed by atoms with van der Waals surface area (Å²) >= 11 is 7.03. The van der Waals surface area contributed by atoms with Crippen LogP contribution in [-0.2, 0) is 19.4 Å². The zero-order valence-corrected chi connectivity index (χ0v) is 14.8. The van der Waals surface area contributed by atoms with Crippen LogP contribution in [0.4, 0.5) is 0 Å². The highest BCUT2D eigenvalue weighted by Gasteiger charge is 2.18. The largest absolute Gasteiger partial charge is 0.322 e. The number of rotatable bonds is 5. The predicted octanol–water partition coefficient (Wildman–Crippen LogP) is 3.63. The van der Waals surface area contributed by atoms with Gasteiger partial charge in [-0.3, -0.25) is 9.67 Å². The Hall–Kier alpha value is -0.720. The molecule has 4 nitrogen and oxygen atoms in total. The fourth-order valence-electron chi connectivity index (χ4n) is 2.13. The maximum atomic E-state index is 6.28. The van der Waals surface area contributed by atoms with Gasteiger partial charge in [-0.2, -0.15) is 5.10 Å². The molecule has 0 bridgehead atoms. The van der Waals surface area contributed by atoms with Gasteiger partial charge in [0.05, 0.1) is 27.6 Å². The smallest absolute Gasteiger partial charge is 0.0766 e. The van der Waals surface area contributed by atoms with Gasteiger partial charge in [0.1, 0.15) is 0 Å². The molecule has 0 aliphatic heterocycles. The number of halogens is 2. The lowest BCUT2D eigenvalue weighted by molar-refractivity contribution is 0.579. The van der Waals surface area contributed by atoms with E-state index < -0.39 is 0 Å². The molecule has 2 N–H and O–H groups in total. The van der Waals surface area contributed by atoms with Crippen molar-refractivity contribution in [2.45, 2.75) is 39.3 Å². The van der Waals surface area contributed by atoms with E-state index in [1.54, 1.807) is 6.20 Å². The minimum absolute atomic E-state index is 0.133. The summed E-state index contributed by atoms with van der Waals surface area (Å²) in [5, 5.41) is 4.59. The highest BCUT2D eigenvalue weighted by molar-refractivity contribution is 9.10. The van der Waals surface area contributed by atoms with E-state index in [4.69, 9.17) is 5.73 Å². The van der Waals surface area contributed by atoms with Crippen LogP contribution in [0.1, 0.15) is 37.0 Å². The number of pyridine rings is 1. The highest BCUT2D eigenvalue weighted by atomic mass is 79.9. The summed E-state index contributed by atoms with van der Waals surface area (Å²) in [5.74, 6) is 0. The number of aryl methyl sites for hydroxylation is 2. The number of nitrogens with zero attached hydrogens (tertiary/aromatic N) is 3. The van der Waals surface area contributed by atoms with Gasteiger partial charge in [-0.05, 0) is 57.3 Å². The van der Waals surface area contributed by atoms with Crippen molar-refractivity contribution in [3.05, 3.63) is 44.4 Å². The van der Waals surface area contributed by atoms with Gasteiger partial charge in [-0.15, -0.1) is 0 Å². The fraction of sp³-hybridized carbons (Fsp3) is 0.429. The van der Waals surface area contributed by atoms with Crippen molar-refractivity contribution >= 4 is 31.9 Å². The molecule has 6 heteroatoms. The Morgan fingerprint density at radius 2 is 2.05 bits per heavy atom. The first-order valence-electron chi connectivity index (χ1n) is 6.67. The van der Waals surface area contributed by atoms with Crippen molar-refractivity contribution < 1.29 is 0 Å². The van der Waals surface area contributed by atoms with E-state index in [9.17, 15) is 0 Å². The van der Waals surface area contributed by atoms with E-state index in [1.807, 2.05) is 16.8 Å². The van der Waals surface area contributed by atoms with Crippen LogP contribution in [0.3, 0.4) is 0 Å². The van der Waals surface area contributed by atoms with Crippen molar-refractivity contribution in [2.75, 3.05) is 0 Å². The van der Waals surface area contributed by atoms with E-state index in [1.165, 1.54) is 0 Å². The number of nitrogens with two attached hydrogens (primary N) is 1. The molecule has 0 spiro atoms. The first kappa shape index (κ1) is 15.7. The molecule has 0 saturated heterocycles. The lowest BCUT2D eigenvalue weighted by Crippen LogP contribution is -2.17. The van der Waals surface area contributed by atoms with Gasteiger partial charge >= 0.3 is 0 Å². The van der Waals surface area contributed by atoms with Crippen molar-refractivity contribution in [3.63, 3.8) is 0 Å². The first-order chi connectivity index (χ1) is 9.56. The van der Waals surface area contributed by atoms with Crippen LogP contribution in [0.25, 0.3) is 0 Å². The van der Waals surface area contributed by atoms with Crippen molar-refractivity contribution in [2.24, 2.45) is 5.73 Å². The van der Waals surface area contributed by atoms with Crippen LogP contribution in [-0.4, -0.2) is 14.8 Å². The van der Waals surface area contributed by atoms with Gasteiger partial charge in [-0.25, -0.2) is 0 Å². The van der Waals surface area contributed by atoms with E-state index >= 15 is 0 Å². The third-order valence-corrected chi connectivity index (χ3v) is 4.62. The van der Waals surface area contributed by atoms with Crippen LogP contribution < -0.4 is 5.73 Å². The van der Waals surface area contributed by atoms with Crippen LogP contribution in [0.15, 0.2) is 27.3 Å². The SMILES string of the molecule is CCc1nn(CC)c(CC(N)c2ccc(Br)cn2)c1Br. The highest BCUT2D eigenvalue weighted by Crippen LogP contribution is 2.26. The predicted molar refractivity (Wildman–Crippen MR) is 87.5 cm³/mol. The minimum atomic E-state index is -0.133. The average Bonchev–Trinajstić information content (AvgIpc) is 2.76. The number of hydrogen-bond acceptors (Lipinski definition) is 3. The first-order valence-corrected chi connectivity index (χ1v) is 8.26. The lowest BCUT2D eigenvalue weighted by Gasteiger charge is -2.12. The standard InChI is InChI=1S/C14H18Br2N4/c1-3-11-14(16)13(20(4-2)19-11)7-10(17)12-6-5-9(15)8-18-12/h5-6,8,10H,3-4,7,17H2,1-2H3. The molecule has 20 heavy (non-hydrogen) atoms. The zero-order chi connectivity index (χ0) is 14.7. The summed E-state index contributed by atoms with van der Waals surface area (Å²) in [4.78, 5) is 4.37. The topological polar surface area (TPSA) is 56.7 Å². The van der Waals surface area contributed by atoms with E-state index in [0.29, 0.717) is 0 Å². The lowest BCUT2D eigenvalue weighted by atomic mass is 10.1. The monoisotopic (exact) mass is 400 g/mol. The molecular weight excluding hydrogens is 384 g/mol. The second-order valence-electron chi connectivity index (χ2n) is 4.59. The quantitative estimate of drug-likeness (QED) is 0.832. The minimum Gasteiger partial charge on any atom is -0.322 e. The average molecular weight is 402 g/mol. The Morgan fingerprint density at radius 3 is 2.60 bits per heavy atom. The summed E-state index contributed by atoms with van der Waals surface area (Å²) < 4.78 is 4.05. The Balaban J connectivity index is 2.25. The third-order valence-electron chi connectivity index (χ3n) is 3.24. The second-order valence-corrected chi connectivity index (χ2v) is 6.30. The van der Waals surface area contributed by atoms with Gasteiger partial charge in [-0.1, -0.05) is 6.92 Å². The van der Waals surface area contributed by atoms with E-state index in [-0.39, 0.29) is 6.04 Å². The summed E-state index contributed by atoms with van der Waals surface area (Å²) in [6.45, 7) is 5.04. The summed E-state index contributed by atoms with van der Waals surface area (Å²) in [7, 11) is 0. The van der Waals surface area contributed by atoms with Crippen molar-refractivity contribution in [1.29, 1.82) is 0 Å². The zero-order valence-electron chi connectivity index (χ0n) is 11.6. The van der Waals surface area contributed by atoms with Crippen LogP contribution in [0, 0.1) is 0 Å². The van der Waals surface area contributed by atoms with Gasteiger partial charge in [0, 0.05) is 23.6 Å². The van der Waals surface area contributed by atoms with Crippen molar-refractivity contribution in [3.8, 4) is 0 Å².